The molecule has 1 heterocycles. The molecule has 0 fully saturated rings. The maximum absolute atomic E-state index is 5.94. The molecule has 0 spiro atoms. The summed E-state index contributed by atoms with van der Waals surface area (Å²) in [4.78, 5) is 0. The van der Waals surface area contributed by atoms with Gasteiger partial charge < -0.3 is 5.73 Å². The van der Waals surface area contributed by atoms with Crippen molar-refractivity contribution in [1.82, 2.24) is 9.78 Å². The zero-order valence-corrected chi connectivity index (χ0v) is 11.5. The summed E-state index contributed by atoms with van der Waals surface area (Å²) in [5, 5.41) is 5.48. The number of fused-ring (bicyclic) bond motifs is 1. The lowest BCUT2D eigenvalue weighted by molar-refractivity contribution is 0.574. The average Bonchev–Trinajstić information content (AvgIpc) is 2.82. The largest absolute Gasteiger partial charge is 0.382 e. The third-order valence-corrected chi connectivity index (χ3v) is 3.61. The van der Waals surface area contributed by atoms with Gasteiger partial charge in [-0.2, -0.15) is 5.10 Å². The third kappa shape index (κ3) is 2.67. The number of para-hydroxylation sites is 1. The fraction of sp³-hybridized carbons (Fsp3) is 0.235. The van der Waals surface area contributed by atoms with Crippen LogP contribution in [0.5, 0.6) is 0 Å². The van der Waals surface area contributed by atoms with Gasteiger partial charge >= 0.3 is 0 Å². The normalized spacial score (nSPS) is 11.0. The van der Waals surface area contributed by atoms with Crippen molar-refractivity contribution in [1.29, 1.82) is 0 Å². The Morgan fingerprint density at radius 3 is 2.50 bits per heavy atom. The van der Waals surface area contributed by atoms with Crippen molar-refractivity contribution in [2.24, 2.45) is 0 Å². The Balaban J connectivity index is 1.60. The number of nitrogens with zero attached hydrogens (tertiary/aromatic N) is 2. The van der Waals surface area contributed by atoms with Crippen LogP contribution in [0.15, 0.2) is 54.6 Å². The predicted octanol–water partition coefficient (Wildman–Crippen LogP) is 3.64. The van der Waals surface area contributed by atoms with E-state index in [2.05, 4.69) is 41.5 Å². The lowest BCUT2D eigenvalue weighted by atomic mass is 10.1. The van der Waals surface area contributed by atoms with E-state index in [1.807, 2.05) is 22.9 Å². The highest BCUT2D eigenvalue weighted by Crippen LogP contribution is 2.20. The molecule has 0 amide bonds. The van der Waals surface area contributed by atoms with Crippen molar-refractivity contribution in [3.05, 3.63) is 60.2 Å². The zero-order valence-electron chi connectivity index (χ0n) is 11.5. The Morgan fingerprint density at radius 2 is 1.65 bits per heavy atom. The van der Waals surface area contributed by atoms with Gasteiger partial charge in [-0.1, -0.05) is 42.5 Å². The first-order valence-electron chi connectivity index (χ1n) is 7.09. The summed E-state index contributed by atoms with van der Waals surface area (Å²) in [6.45, 7) is 0.921. The molecule has 0 saturated carbocycles. The van der Waals surface area contributed by atoms with Gasteiger partial charge in [-0.15, -0.1) is 0 Å². The van der Waals surface area contributed by atoms with E-state index < -0.39 is 0 Å². The Morgan fingerprint density at radius 1 is 0.900 bits per heavy atom. The minimum atomic E-state index is 0.628. The lowest BCUT2D eigenvalue weighted by Crippen LogP contribution is -2.01. The maximum atomic E-state index is 5.94. The first kappa shape index (κ1) is 12.7. The van der Waals surface area contributed by atoms with E-state index >= 15 is 0 Å². The minimum absolute atomic E-state index is 0.628. The van der Waals surface area contributed by atoms with Gasteiger partial charge in [-0.05, 0) is 37.0 Å². The van der Waals surface area contributed by atoms with Crippen molar-refractivity contribution in [3.8, 4) is 0 Å². The topological polar surface area (TPSA) is 43.8 Å². The van der Waals surface area contributed by atoms with E-state index in [-0.39, 0.29) is 0 Å². The number of rotatable bonds is 5. The third-order valence-electron chi connectivity index (χ3n) is 3.61. The molecule has 0 bridgehead atoms. The molecular weight excluding hydrogens is 246 g/mol. The second kappa shape index (κ2) is 5.78. The monoisotopic (exact) mass is 265 g/mol. The molecule has 0 aliphatic heterocycles. The van der Waals surface area contributed by atoms with Crippen molar-refractivity contribution in [2.45, 2.75) is 25.8 Å². The quantitative estimate of drug-likeness (QED) is 0.716. The molecule has 3 aromatic rings. The van der Waals surface area contributed by atoms with Gasteiger partial charge in [0.05, 0.1) is 5.52 Å². The summed E-state index contributed by atoms with van der Waals surface area (Å²) in [6, 6.07) is 18.7. The van der Waals surface area contributed by atoms with E-state index in [9.17, 15) is 0 Å². The van der Waals surface area contributed by atoms with E-state index in [1.165, 1.54) is 5.56 Å². The number of hydrogen-bond donors (Lipinski definition) is 1. The lowest BCUT2D eigenvalue weighted by Gasteiger charge is -2.04. The number of anilines is 1. The number of aryl methyl sites for hydroxylation is 2. The summed E-state index contributed by atoms with van der Waals surface area (Å²) in [5.74, 6) is 0.628. The Labute approximate surface area is 119 Å². The molecule has 0 unspecified atom stereocenters. The van der Waals surface area contributed by atoms with Crippen LogP contribution in [-0.2, 0) is 13.0 Å². The van der Waals surface area contributed by atoms with Crippen LogP contribution in [0.25, 0.3) is 10.9 Å². The molecule has 102 valence electrons. The van der Waals surface area contributed by atoms with Crippen LogP contribution in [0.1, 0.15) is 18.4 Å². The maximum Gasteiger partial charge on any atom is 0.153 e. The standard InChI is InChI=1S/C17H19N3/c18-17-15-11-4-5-12-16(15)20(19-17)13-7-6-10-14-8-2-1-3-9-14/h1-5,8-9,11-12H,6-7,10,13H2,(H2,18,19). The van der Waals surface area contributed by atoms with Crippen LogP contribution in [0.3, 0.4) is 0 Å². The second-order valence-corrected chi connectivity index (χ2v) is 5.07. The number of benzene rings is 2. The van der Waals surface area contributed by atoms with Crippen molar-refractivity contribution < 1.29 is 0 Å². The fourth-order valence-corrected chi connectivity index (χ4v) is 2.56. The van der Waals surface area contributed by atoms with Crippen LogP contribution in [0, 0.1) is 0 Å². The summed E-state index contributed by atoms with van der Waals surface area (Å²) in [6.07, 6.45) is 3.40. The van der Waals surface area contributed by atoms with E-state index in [0.29, 0.717) is 5.82 Å². The predicted molar refractivity (Wildman–Crippen MR) is 83.5 cm³/mol. The fourth-order valence-electron chi connectivity index (χ4n) is 2.56. The molecule has 3 nitrogen and oxygen atoms in total. The van der Waals surface area contributed by atoms with Gasteiger partial charge in [0.15, 0.2) is 5.82 Å². The van der Waals surface area contributed by atoms with Crippen molar-refractivity contribution in [3.63, 3.8) is 0 Å². The van der Waals surface area contributed by atoms with Crippen molar-refractivity contribution >= 4 is 16.7 Å². The second-order valence-electron chi connectivity index (χ2n) is 5.07. The van der Waals surface area contributed by atoms with Gasteiger partial charge in [-0.3, -0.25) is 4.68 Å². The molecule has 3 heteroatoms. The van der Waals surface area contributed by atoms with E-state index in [1.54, 1.807) is 0 Å². The molecule has 3 rings (SSSR count). The Kier molecular flexibility index (Phi) is 3.68. The first-order valence-corrected chi connectivity index (χ1v) is 7.09. The van der Waals surface area contributed by atoms with Crippen LogP contribution in [0.4, 0.5) is 5.82 Å². The molecule has 0 atom stereocenters. The smallest absolute Gasteiger partial charge is 0.153 e. The van der Waals surface area contributed by atoms with E-state index in [4.69, 9.17) is 5.73 Å². The number of nitrogen functional groups attached to an aromatic ring is 1. The number of unbranched alkanes of at least 4 members (excludes halogenated alkanes) is 1. The van der Waals surface area contributed by atoms with Crippen LogP contribution >= 0.6 is 0 Å². The van der Waals surface area contributed by atoms with Crippen LogP contribution in [-0.4, -0.2) is 9.78 Å². The van der Waals surface area contributed by atoms with Crippen molar-refractivity contribution in [2.75, 3.05) is 5.73 Å². The minimum Gasteiger partial charge on any atom is -0.382 e. The number of nitrogens with two attached hydrogens (primary N) is 1. The molecule has 0 aliphatic carbocycles. The molecule has 0 aliphatic rings. The number of aromatic nitrogens is 2. The number of hydrogen-bond acceptors (Lipinski definition) is 2. The highest BCUT2D eigenvalue weighted by molar-refractivity contribution is 5.88. The van der Waals surface area contributed by atoms with Gasteiger partial charge in [0.25, 0.3) is 0 Å². The van der Waals surface area contributed by atoms with Crippen LogP contribution in [0.2, 0.25) is 0 Å². The summed E-state index contributed by atoms with van der Waals surface area (Å²) in [7, 11) is 0. The molecule has 0 saturated heterocycles. The molecule has 0 radical (unpaired) electrons. The van der Waals surface area contributed by atoms with Crippen LogP contribution < -0.4 is 5.73 Å². The Bertz CT molecular complexity index is 686. The molecule has 2 aromatic carbocycles. The zero-order chi connectivity index (χ0) is 13.8. The molecule has 20 heavy (non-hydrogen) atoms. The summed E-state index contributed by atoms with van der Waals surface area (Å²) in [5.41, 5.74) is 8.47. The van der Waals surface area contributed by atoms with E-state index in [0.717, 1.165) is 36.7 Å². The molecule has 1 aromatic heterocycles. The summed E-state index contributed by atoms with van der Waals surface area (Å²) >= 11 is 0. The average molecular weight is 265 g/mol. The SMILES string of the molecule is Nc1nn(CCCCc2ccccc2)c2ccccc12. The van der Waals surface area contributed by atoms with Gasteiger partial charge in [-0.25, -0.2) is 0 Å². The first-order chi connectivity index (χ1) is 9.84. The van der Waals surface area contributed by atoms with Gasteiger partial charge in [0.2, 0.25) is 0 Å². The van der Waals surface area contributed by atoms with Gasteiger partial charge in [0, 0.05) is 11.9 Å². The molecule has 2 N–H and O–H groups in total. The van der Waals surface area contributed by atoms with Gasteiger partial charge in [0.1, 0.15) is 0 Å². The highest BCUT2D eigenvalue weighted by Gasteiger charge is 2.06. The Hall–Kier alpha value is -2.29. The molecular formula is C17H19N3. The highest BCUT2D eigenvalue weighted by atomic mass is 15.3. The summed E-state index contributed by atoms with van der Waals surface area (Å²) < 4.78 is 2.02.